The number of anilines is 1. The van der Waals surface area contributed by atoms with Crippen LogP contribution >= 0.6 is 0 Å². The molecule has 0 aliphatic carbocycles. The SMILES string of the molecule is CCOC1CCCN(c2nc(C)cc(C)c2CO)C1. The minimum absolute atomic E-state index is 0.0459. The van der Waals surface area contributed by atoms with E-state index in [4.69, 9.17) is 4.74 Å². The normalized spacial score (nSPS) is 19.8. The number of aliphatic hydroxyl groups is 1. The van der Waals surface area contributed by atoms with Gasteiger partial charge in [0.2, 0.25) is 0 Å². The summed E-state index contributed by atoms with van der Waals surface area (Å²) in [5, 5.41) is 9.59. The first kappa shape index (κ1) is 14.3. The second kappa shape index (κ2) is 6.35. The van der Waals surface area contributed by atoms with E-state index in [1.807, 2.05) is 26.8 Å². The molecule has 0 amide bonds. The number of piperidine rings is 1. The summed E-state index contributed by atoms with van der Waals surface area (Å²) in [6.45, 7) is 8.74. The Bertz CT molecular complexity index is 432. The van der Waals surface area contributed by atoms with Crippen LogP contribution in [0.1, 0.15) is 36.6 Å². The zero-order valence-electron chi connectivity index (χ0n) is 12.1. The molecule has 1 aliphatic heterocycles. The summed E-state index contributed by atoms with van der Waals surface area (Å²) in [5.41, 5.74) is 3.06. The number of aliphatic hydroxyl groups excluding tert-OH is 1. The van der Waals surface area contributed by atoms with Crippen molar-refractivity contribution in [3.05, 3.63) is 22.9 Å². The van der Waals surface area contributed by atoms with Crippen molar-refractivity contribution in [2.75, 3.05) is 24.6 Å². The molecule has 1 fully saturated rings. The van der Waals surface area contributed by atoms with E-state index in [2.05, 4.69) is 9.88 Å². The van der Waals surface area contributed by atoms with Crippen LogP contribution in [0, 0.1) is 13.8 Å². The van der Waals surface area contributed by atoms with E-state index in [0.29, 0.717) is 0 Å². The van der Waals surface area contributed by atoms with Crippen LogP contribution in [-0.2, 0) is 11.3 Å². The van der Waals surface area contributed by atoms with Gasteiger partial charge in [-0.1, -0.05) is 0 Å². The molecule has 0 bridgehead atoms. The van der Waals surface area contributed by atoms with Gasteiger partial charge in [-0.25, -0.2) is 4.98 Å². The van der Waals surface area contributed by atoms with Crippen molar-refractivity contribution in [1.29, 1.82) is 0 Å². The second-order valence-corrected chi connectivity index (χ2v) is 5.21. The third kappa shape index (κ3) is 3.25. The fourth-order valence-corrected chi connectivity index (χ4v) is 2.80. The fraction of sp³-hybridized carbons (Fsp3) is 0.667. The molecule has 4 nitrogen and oxygen atoms in total. The van der Waals surface area contributed by atoms with Crippen LogP contribution in [0.3, 0.4) is 0 Å². The molecule has 0 spiro atoms. The van der Waals surface area contributed by atoms with Crippen molar-refractivity contribution in [2.45, 2.75) is 46.3 Å². The minimum Gasteiger partial charge on any atom is -0.392 e. The Morgan fingerprint density at radius 3 is 2.95 bits per heavy atom. The molecular weight excluding hydrogens is 240 g/mol. The van der Waals surface area contributed by atoms with Crippen LogP contribution in [0.15, 0.2) is 6.07 Å². The summed E-state index contributed by atoms with van der Waals surface area (Å²) >= 11 is 0. The third-order valence-electron chi connectivity index (χ3n) is 3.69. The minimum atomic E-state index is 0.0459. The lowest BCUT2D eigenvalue weighted by Crippen LogP contribution is -2.40. The van der Waals surface area contributed by atoms with Gasteiger partial charge in [0.15, 0.2) is 0 Å². The van der Waals surface area contributed by atoms with Crippen molar-refractivity contribution in [3.8, 4) is 0 Å². The van der Waals surface area contributed by atoms with E-state index >= 15 is 0 Å². The summed E-state index contributed by atoms with van der Waals surface area (Å²) in [7, 11) is 0. The highest BCUT2D eigenvalue weighted by atomic mass is 16.5. The Morgan fingerprint density at radius 2 is 2.26 bits per heavy atom. The average molecular weight is 264 g/mol. The molecule has 4 heteroatoms. The van der Waals surface area contributed by atoms with Crippen molar-refractivity contribution in [3.63, 3.8) is 0 Å². The van der Waals surface area contributed by atoms with Gasteiger partial charge in [-0.3, -0.25) is 0 Å². The molecule has 2 heterocycles. The predicted octanol–water partition coefficient (Wildman–Crippen LogP) is 2.20. The first-order chi connectivity index (χ1) is 9.15. The maximum absolute atomic E-state index is 9.59. The molecular formula is C15H24N2O2. The number of pyridine rings is 1. The van der Waals surface area contributed by atoms with Gasteiger partial charge in [-0.2, -0.15) is 0 Å². The molecule has 1 aromatic rings. The van der Waals surface area contributed by atoms with E-state index in [1.165, 1.54) is 0 Å². The molecule has 1 aliphatic rings. The molecule has 0 aromatic carbocycles. The third-order valence-corrected chi connectivity index (χ3v) is 3.69. The molecule has 0 saturated carbocycles. The van der Waals surface area contributed by atoms with Crippen molar-refractivity contribution >= 4 is 5.82 Å². The average Bonchev–Trinajstić information content (AvgIpc) is 2.38. The van der Waals surface area contributed by atoms with Crippen LogP contribution < -0.4 is 4.90 Å². The fourth-order valence-electron chi connectivity index (χ4n) is 2.80. The molecule has 1 N–H and O–H groups in total. The van der Waals surface area contributed by atoms with E-state index in [9.17, 15) is 5.11 Å². The van der Waals surface area contributed by atoms with Gasteiger partial charge in [-0.15, -0.1) is 0 Å². The van der Waals surface area contributed by atoms with E-state index in [0.717, 1.165) is 55.2 Å². The number of aryl methyl sites for hydroxylation is 2. The summed E-state index contributed by atoms with van der Waals surface area (Å²) in [4.78, 5) is 6.89. The van der Waals surface area contributed by atoms with Crippen molar-refractivity contribution in [1.82, 2.24) is 4.98 Å². The van der Waals surface area contributed by atoms with Crippen LogP contribution in [0.25, 0.3) is 0 Å². The van der Waals surface area contributed by atoms with Gasteiger partial charge in [0.05, 0.1) is 12.7 Å². The Morgan fingerprint density at radius 1 is 1.47 bits per heavy atom. The van der Waals surface area contributed by atoms with E-state index < -0.39 is 0 Å². The molecule has 1 saturated heterocycles. The molecule has 0 radical (unpaired) electrons. The topological polar surface area (TPSA) is 45.6 Å². The van der Waals surface area contributed by atoms with Crippen LogP contribution in [0.5, 0.6) is 0 Å². The Hall–Kier alpha value is -1.13. The van der Waals surface area contributed by atoms with Crippen molar-refractivity contribution < 1.29 is 9.84 Å². The van der Waals surface area contributed by atoms with Gasteiger partial charge in [0.25, 0.3) is 0 Å². The lowest BCUT2D eigenvalue weighted by molar-refractivity contribution is 0.0524. The molecule has 1 atom stereocenters. The standard InChI is InChI=1S/C15H24N2O2/c1-4-19-13-6-5-7-17(9-13)15-14(10-18)11(2)8-12(3)16-15/h8,13,18H,4-7,9-10H2,1-3H3. The Balaban J connectivity index is 2.25. The molecule has 2 rings (SSSR count). The largest absolute Gasteiger partial charge is 0.392 e. The van der Waals surface area contributed by atoms with E-state index in [1.54, 1.807) is 0 Å². The van der Waals surface area contributed by atoms with Gasteiger partial charge in [-0.05, 0) is 45.2 Å². The zero-order valence-corrected chi connectivity index (χ0v) is 12.1. The number of nitrogens with zero attached hydrogens (tertiary/aromatic N) is 2. The molecule has 1 unspecified atom stereocenters. The first-order valence-corrected chi connectivity index (χ1v) is 7.10. The molecule has 106 valence electrons. The molecule has 19 heavy (non-hydrogen) atoms. The summed E-state index contributed by atoms with van der Waals surface area (Å²) < 4.78 is 5.74. The smallest absolute Gasteiger partial charge is 0.134 e. The van der Waals surface area contributed by atoms with Gasteiger partial charge < -0.3 is 14.7 Å². The highest BCUT2D eigenvalue weighted by molar-refractivity contribution is 5.51. The number of hydrogen-bond acceptors (Lipinski definition) is 4. The first-order valence-electron chi connectivity index (χ1n) is 7.10. The van der Waals surface area contributed by atoms with E-state index in [-0.39, 0.29) is 12.7 Å². The van der Waals surface area contributed by atoms with Crippen LogP contribution in [-0.4, -0.2) is 35.9 Å². The maximum atomic E-state index is 9.59. The van der Waals surface area contributed by atoms with Gasteiger partial charge in [0, 0.05) is 31.0 Å². The summed E-state index contributed by atoms with van der Waals surface area (Å²) in [6.07, 6.45) is 2.52. The molecule has 1 aromatic heterocycles. The number of ether oxygens (including phenoxy) is 1. The summed E-state index contributed by atoms with van der Waals surface area (Å²) in [5.74, 6) is 0.935. The predicted molar refractivity (Wildman–Crippen MR) is 76.5 cm³/mol. The quantitative estimate of drug-likeness (QED) is 0.905. The van der Waals surface area contributed by atoms with Crippen LogP contribution in [0.4, 0.5) is 5.82 Å². The van der Waals surface area contributed by atoms with Gasteiger partial charge >= 0.3 is 0 Å². The number of rotatable bonds is 4. The monoisotopic (exact) mass is 264 g/mol. The lowest BCUT2D eigenvalue weighted by Gasteiger charge is -2.34. The zero-order chi connectivity index (χ0) is 13.8. The van der Waals surface area contributed by atoms with Gasteiger partial charge in [0.1, 0.15) is 5.82 Å². The highest BCUT2D eigenvalue weighted by Crippen LogP contribution is 2.26. The summed E-state index contributed by atoms with van der Waals surface area (Å²) in [6, 6.07) is 2.03. The lowest BCUT2D eigenvalue weighted by atomic mass is 10.1. The highest BCUT2D eigenvalue weighted by Gasteiger charge is 2.23. The number of hydrogen-bond donors (Lipinski definition) is 1. The maximum Gasteiger partial charge on any atom is 0.134 e. The Kier molecular flexibility index (Phi) is 4.77. The van der Waals surface area contributed by atoms with Crippen molar-refractivity contribution in [2.24, 2.45) is 0 Å². The Labute approximate surface area is 115 Å². The second-order valence-electron chi connectivity index (χ2n) is 5.21. The number of aromatic nitrogens is 1. The van der Waals surface area contributed by atoms with Crippen LogP contribution in [0.2, 0.25) is 0 Å².